The number of carbonyl (C=O) groups is 2. The zero-order valence-corrected chi connectivity index (χ0v) is 11.3. The fourth-order valence-corrected chi connectivity index (χ4v) is 2.16. The number of furan rings is 1. The molecular formula is C15H16N2O3. The van der Waals surface area contributed by atoms with Crippen LogP contribution in [0, 0.1) is 24.2 Å². The Labute approximate surface area is 117 Å². The Kier molecular flexibility index (Phi) is 4.36. The molecule has 1 amide bonds. The van der Waals surface area contributed by atoms with Gasteiger partial charge in [-0.1, -0.05) is 0 Å². The second-order valence-electron chi connectivity index (χ2n) is 4.78. The molecule has 1 aliphatic heterocycles. The van der Waals surface area contributed by atoms with Gasteiger partial charge in [0.1, 0.15) is 11.5 Å². The van der Waals surface area contributed by atoms with Crippen LogP contribution >= 0.6 is 0 Å². The summed E-state index contributed by atoms with van der Waals surface area (Å²) in [4.78, 5) is 25.6. The molecule has 1 unspecified atom stereocenters. The van der Waals surface area contributed by atoms with E-state index >= 15 is 0 Å². The van der Waals surface area contributed by atoms with E-state index in [0.717, 1.165) is 18.6 Å². The summed E-state index contributed by atoms with van der Waals surface area (Å²) < 4.78 is 5.29. The number of rotatable bonds is 4. The third kappa shape index (κ3) is 3.15. The minimum atomic E-state index is -1.25. The molecule has 1 saturated heterocycles. The highest BCUT2D eigenvalue weighted by molar-refractivity contribution is 6.10. The number of likely N-dealkylation sites (tertiary alicyclic amines) is 1. The summed E-state index contributed by atoms with van der Waals surface area (Å²) in [6, 6.07) is 5.30. The van der Waals surface area contributed by atoms with Gasteiger partial charge >= 0.3 is 0 Å². The van der Waals surface area contributed by atoms with E-state index in [0.29, 0.717) is 18.8 Å². The van der Waals surface area contributed by atoms with Gasteiger partial charge in [0, 0.05) is 13.1 Å². The summed E-state index contributed by atoms with van der Waals surface area (Å²) in [7, 11) is 0. The van der Waals surface area contributed by atoms with Crippen molar-refractivity contribution in [2.45, 2.75) is 19.8 Å². The van der Waals surface area contributed by atoms with E-state index in [-0.39, 0.29) is 0 Å². The van der Waals surface area contributed by atoms with Crippen LogP contribution in [-0.2, 0) is 9.59 Å². The average Bonchev–Trinajstić information content (AvgIpc) is 3.08. The van der Waals surface area contributed by atoms with Crippen LogP contribution in [0.5, 0.6) is 0 Å². The summed E-state index contributed by atoms with van der Waals surface area (Å²) in [6.07, 6.45) is 4.58. The molecule has 20 heavy (non-hydrogen) atoms. The molecule has 5 nitrogen and oxygen atoms in total. The van der Waals surface area contributed by atoms with Crippen molar-refractivity contribution in [1.29, 1.82) is 5.26 Å². The maximum absolute atomic E-state index is 12.1. The number of hydrogen-bond acceptors (Lipinski definition) is 4. The minimum Gasteiger partial charge on any atom is -0.462 e. The van der Waals surface area contributed by atoms with Gasteiger partial charge in [-0.05, 0) is 44.1 Å². The second-order valence-corrected chi connectivity index (χ2v) is 4.78. The maximum atomic E-state index is 12.1. The van der Waals surface area contributed by atoms with E-state index in [9.17, 15) is 9.59 Å². The minimum absolute atomic E-state index is 0.393. The van der Waals surface area contributed by atoms with Crippen molar-refractivity contribution < 1.29 is 14.0 Å². The lowest BCUT2D eigenvalue weighted by molar-refractivity contribution is -0.136. The number of amides is 1. The van der Waals surface area contributed by atoms with Gasteiger partial charge < -0.3 is 9.32 Å². The van der Waals surface area contributed by atoms with Crippen molar-refractivity contribution >= 4 is 17.8 Å². The lowest BCUT2D eigenvalue weighted by Crippen LogP contribution is -2.36. The second kappa shape index (κ2) is 6.20. The average molecular weight is 272 g/mol. The quantitative estimate of drug-likeness (QED) is 0.620. The van der Waals surface area contributed by atoms with Gasteiger partial charge in [0.05, 0.1) is 6.07 Å². The van der Waals surface area contributed by atoms with Crippen LogP contribution in [0.2, 0.25) is 0 Å². The Morgan fingerprint density at radius 3 is 2.65 bits per heavy atom. The van der Waals surface area contributed by atoms with Crippen LogP contribution in [0.25, 0.3) is 6.08 Å². The topological polar surface area (TPSA) is 74.3 Å². The standard InChI is InChI=1S/C15H16N2O3/c1-11-4-5-12(20-11)6-7-14(18)13(10-16)15(19)17-8-2-3-9-17/h4-7,13H,2-3,8-9H2,1H3/b7-6+. The van der Waals surface area contributed by atoms with Crippen molar-refractivity contribution in [2.75, 3.05) is 13.1 Å². The number of carbonyl (C=O) groups excluding carboxylic acids is 2. The van der Waals surface area contributed by atoms with E-state index in [1.807, 2.05) is 0 Å². The Balaban J connectivity index is 2.03. The Morgan fingerprint density at radius 2 is 2.10 bits per heavy atom. The fourth-order valence-electron chi connectivity index (χ4n) is 2.16. The molecule has 1 aliphatic rings. The maximum Gasteiger partial charge on any atom is 0.247 e. The Morgan fingerprint density at radius 1 is 1.40 bits per heavy atom. The molecule has 5 heteroatoms. The molecule has 0 aromatic carbocycles. The number of aryl methyl sites for hydroxylation is 1. The van der Waals surface area contributed by atoms with Crippen LogP contribution in [-0.4, -0.2) is 29.7 Å². The predicted octanol–water partition coefficient (Wildman–Crippen LogP) is 1.93. The van der Waals surface area contributed by atoms with Gasteiger partial charge in [-0.15, -0.1) is 0 Å². The number of hydrogen-bond donors (Lipinski definition) is 0. The highest BCUT2D eigenvalue weighted by atomic mass is 16.3. The summed E-state index contributed by atoms with van der Waals surface area (Å²) in [5.41, 5.74) is 0. The molecule has 2 rings (SSSR count). The Hall–Kier alpha value is -2.35. The monoisotopic (exact) mass is 272 g/mol. The molecule has 0 bridgehead atoms. The molecule has 0 saturated carbocycles. The van der Waals surface area contributed by atoms with E-state index < -0.39 is 17.6 Å². The van der Waals surface area contributed by atoms with Crippen molar-refractivity contribution in [3.05, 3.63) is 29.7 Å². The molecule has 0 N–H and O–H groups in total. The van der Waals surface area contributed by atoms with Crippen LogP contribution in [0.1, 0.15) is 24.4 Å². The largest absolute Gasteiger partial charge is 0.462 e. The molecule has 1 atom stereocenters. The van der Waals surface area contributed by atoms with Gasteiger partial charge in [0.25, 0.3) is 0 Å². The van der Waals surface area contributed by atoms with Crippen LogP contribution in [0.3, 0.4) is 0 Å². The number of nitrogens with zero attached hydrogens (tertiary/aromatic N) is 2. The first-order valence-electron chi connectivity index (χ1n) is 6.58. The zero-order valence-electron chi connectivity index (χ0n) is 11.3. The fraction of sp³-hybridized carbons (Fsp3) is 0.400. The molecule has 0 spiro atoms. The van der Waals surface area contributed by atoms with Gasteiger partial charge in [-0.3, -0.25) is 9.59 Å². The van der Waals surface area contributed by atoms with Gasteiger partial charge in [-0.2, -0.15) is 5.26 Å². The van der Waals surface area contributed by atoms with E-state index in [1.54, 1.807) is 30.0 Å². The van der Waals surface area contributed by atoms with Crippen LogP contribution < -0.4 is 0 Å². The van der Waals surface area contributed by atoms with Crippen LogP contribution in [0.4, 0.5) is 0 Å². The molecule has 1 aromatic rings. The van der Waals surface area contributed by atoms with Crippen molar-refractivity contribution in [2.24, 2.45) is 5.92 Å². The third-order valence-electron chi connectivity index (χ3n) is 3.25. The molecular weight excluding hydrogens is 256 g/mol. The molecule has 2 heterocycles. The summed E-state index contributed by atoms with van der Waals surface area (Å²) >= 11 is 0. The SMILES string of the molecule is Cc1ccc(/C=C/C(=O)C(C#N)C(=O)N2CCCC2)o1. The van der Waals surface area contributed by atoms with Gasteiger partial charge in [0.15, 0.2) is 11.7 Å². The van der Waals surface area contributed by atoms with Crippen LogP contribution in [0.15, 0.2) is 22.6 Å². The van der Waals surface area contributed by atoms with E-state index in [1.165, 1.54) is 12.2 Å². The summed E-state index contributed by atoms with van der Waals surface area (Å²) in [6.45, 7) is 3.06. The first-order chi connectivity index (χ1) is 9.61. The van der Waals surface area contributed by atoms with Gasteiger partial charge in [0.2, 0.25) is 5.91 Å². The zero-order chi connectivity index (χ0) is 14.5. The van der Waals surface area contributed by atoms with Crippen molar-refractivity contribution in [3.63, 3.8) is 0 Å². The first-order valence-corrected chi connectivity index (χ1v) is 6.58. The predicted molar refractivity (Wildman–Crippen MR) is 72.4 cm³/mol. The summed E-state index contributed by atoms with van der Waals surface area (Å²) in [5.74, 6) is -0.877. The number of nitriles is 1. The molecule has 1 aromatic heterocycles. The molecule has 104 valence electrons. The lowest BCUT2D eigenvalue weighted by atomic mass is 10.0. The number of ketones is 1. The lowest BCUT2D eigenvalue weighted by Gasteiger charge is -2.16. The first kappa shape index (κ1) is 14.1. The van der Waals surface area contributed by atoms with Gasteiger partial charge in [-0.25, -0.2) is 0 Å². The molecule has 0 aliphatic carbocycles. The van der Waals surface area contributed by atoms with Crippen molar-refractivity contribution in [1.82, 2.24) is 4.90 Å². The van der Waals surface area contributed by atoms with Crippen molar-refractivity contribution in [3.8, 4) is 6.07 Å². The normalized spacial score (nSPS) is 16.3. The molecule has 1 fully saturated rings. The summed E-state index contributed by atoms with van der Waals surface area (Å²) in [5, 5.41) is 9.05. The van der Waals surface area contributed by atoms with E-state index in [4.69, 9.17) is 9.68 Å². The smallest absolute Gasteiger partial charge is 0.247 e. The van der Waals surface area contributed by atoms with E-state index in [2.05, 4.69) is 0 Å². The number of allylic oxidation sites excluding steroid dienone is 1. The highest BCUT2D eigenvalue weighted by Crippen LogP contribution is 2.14. The third-order valence-corrected chi connectivity index (χ3v) is 3.25. The highest BCUT2D eigenvalue weighted by Gasteiger charge is 2.30. The Bertz CT molecular complexity index is 574. The molecule has 0 radical (unpaired) electrons.